The molecule has 14 heavy (non-hydrogen) atoms. The summed E-state index contributed by atoms with van der Waals surface area (Å²) in [5, 5.41) is 0. The largest absolute Gasteiger partial charge is 0.381 e. The zero-order valence-corrected chi connectivity index (χ0v) is 8.95. The Kier molecular flexibility index (Phi) is 3.42. The van der Waals surface area contributed by atoms with E-state index in [0.717, 1.165) is 39.1 Å². The monoisotopic (exact) mass is 199 g/mol. The van der Waals surface area contributed by atoms with Gasteiger partial charge in [0.1, 0.15) is 0 Å². The molecule has 0 spiro atoms. The quantitative estimate of drug-likeness (QED) is 0.726. The van der Waals surface area contributed by atoms with Crippen LogP contribution in [-0.2, 0) is 9.47 Å². The summed E-state index contributed by atoms with van der Waals surface area (Å²) in [5.74, 6) is 1.23. The third kappa shape index (κ3) is 2.27. The van der Waals surface area contributed by atoms with Crippen LogP contribution in [0, 0.1) is 11.8 Å². The van der Waals surface area contributed by atoms with Crippen LogP contribution in [0.4, 0.5) is 0 Å². The molecule has 0 aromatic rings. The van der Waals surface area contributed by atoms with Gasteiger partial charge < -0.3 is 15.2 Å². The van der Waals surface area contributed by atoms with E-state index in [0.29, 0.717) is 24.0 Å². The Balaban J connectivity index is 1.84. The highest BCUT2D eigenvalue weighted by atomic mass is 16.5. The molecule has 2 aliphatic rings. The van der Waals surface area contributed by atoms with Gasteiger partial charge in [0.15, 0.2) is 0 Å². The second-order valence-electron chi connectivity index (χ2n) is 4.67. The Hall–Kier alpha value is -0.120. The van der Waals surface area contributed by atoms with Crippen LogP contribution in [0.1, 0.15) is 26.2 Å². The van der Waals surface area contributed by atoms with Gasteiger partial charge in [-0.05, 0) is 32.1 Å². The molecule has 3 nitrogen and oxygen atoms in total. The molecular weight excluding hydrogens is 178 g/mol. The first-order valence-electron chi connectivity index (χ1n) is 5.72. The molecule has 2 N–H and O–H groups in total. The number of rotatable bonds is 2. The predicted molar refractivity (Wildman–Crippen MR) is 55.0 cm³/mol. The summed E-state index contributed by atoms with van der Waals surface area (Å²) in [7, 11) is 0. The first-order valence-corrected chi connectivity index (χ1v) is 5.72. The van der Waals surface area contributed by atoms with Crippen LogP contribution in [0.2, 0.25) is 0 Å². The van der Waals surface area contributed by atoms with Gasteiger partial charge in [0, 0.05) is 25.2 Å². The smallest absolute Gasteiger partial charge is 0.0551 e. The lowest BCUT2D eigenvalue weighted by Crippen LogP contribution is -2.40. The van der Waals surface area contributed by atoms with Crippen molar-refractivity contribution in [2.75, 3.05) is 19.8 Å². The molecule has 0 saturated carbocycles. The van der Waals surface area contributed by atoms with Crippen molar-refractivity contribution in [3.8, 4) is 0 Å². The summed E-state index contributed by atoms with van der Waals surface area (Å²) < 4.78 is 10.9. The van der Waals surface area contributed by atoms with E-state index >= 15 is 0 Å². The van der Waals surface area contributed by atoms with Crippen molar-refractivity contribution in [3.05, 3.63) is 0 Å². The van der Waals surface area contributed by atoms with Crippen molar-refractivity contribution in [2.24, 2.45) is 17.6 Å². The lowest BCUT2D eigenvalue weighted by atomic mass is 9.83. The summed E-state index contributed by atoms with van der Waals surface area (Å²) in [5.41, 5.74) is 6.28. The highest BCUT2D eigenvalue weighted by molar-refractivity contribution is 4.85. The van der Waals surface area contributed by atoms with E-state index in [2.05, 4.69) is 6.92 Å². The second kappa shape index (κ2) is 4.60. The molecule has 0 amide bonds. The predicted octanol–water partition coefficient (Wildman–Crippen LogP) is 1.17. The Bertz CT molecular complexity index is 175. The van der Waals surface area contributed by atoms with Crippen LogP contribution in [0.5, 0.6) is 0 Å². The van der Waals surface area contributed by atoms with Gasteiger partial charge in [-0.3, -0.25) is 0 Å². The van der Waals surface area contributed by atoms with Gasteiger partial charge in [-0.25, -0.2) is 0 Å². The topological polar surface area (TPSA) is 44.5 Å². The first kappa shape index (κ1) is 10.4. The van der Waals surface area contributed by atoms with Crippen LogP contribution in [0.25, 0.3) is 0 Å². The minimum Gasteiger partial charge on any atom is -0.381 e. The summed E-state index contributed by atoms with van der Waals surface area (Å²) in [6.45, 7) is 4.78. The van der Waals surface area contributed by atoms with Crippen molar-refractivity contribution in [3.63, 3.8) is 0 Å². The molecule has 82 valence electrons. The number of hydrogen-bond donors (Lipinski definition) is 1. The molecule has 0 aromatic heterocycles. The molecule has 3 unspecified atom stereocenters. The number of nitrogens with two attached hydrogens (primary N) is 1. The van der Waals surface area contributed by atoms with Crippen LogP contribution in [0.3, 0.4) is 0 Å². The van der Waals surface area contributed by atoms with E-state index < -0.39 is 0 Å². The van der Waals surface area contributed by atoms with E-state index in [-0.39, 0.29) is 0 Å². The molecule has 2 fully saturated rings. The lowest BCUT2D eigenvalue weighted by Gasteiger charge is -2.30. The molecule has 0 aliphatic carbocycles. The maximum atomic E-state index is 6.28. The van der Waals surface area contributed by atoms with Gasteiger partial charge in [0.25, 0.3) is 0 Å². The Morgan fingerprint density at radius 1 is 1.21 bits per heavy atom. The van der Waals surface area contributed by atoms with Crippen molar-refractivity contribution in [2.45, 2.75) is 38.3 Å². The highest BCUT2D eigenvalue weighted by Gasteiger charge is 2.32. The minimum absolute atomic E-state index is 0.323. The fraction of sp³-hybridized carbons (Fsp3) is 1.00. The molecule has 2 heterocycles. The lowest BCUT2D eigenvalue weighted by molar-refractivity contribution is 0.0488. The molecule has 0 radical (unpaired) electrons. The molecule has 2 rings (SSSR count). The van der Waals surface area contributed by atoms with E-state index in [1.807, 2.05) is 0 Å². The maximum absolute atomic E-state index is 6.28. The second-order valence-corrected chi connectivity index (χ2v) is 4.67. The molecule has 2 saturated heterocycles. The molecule has 3 atom stereocenters. The minimum atomic E-state index is 0.323. The summed E-state index contributed by atoms with van der Waals surface area (Å²) in [6, 6.07) is 0.323. The average molecular weight is 199 g/mol. The van der Waals surface area contributed by atoms with Gasteiger partial charge in [0.05, 0.1) is 12.7 Å². The molecule has 0 aromatic carbocycles. The van der Waals surface area contributed by atoms with E-state index in [1.54, 1.807) is 0 Å². The summed E-state index contributed by atoms with van der Waals surface area (Å²) >= 11 is 0. The van der Waals surface area contributed by atoms with E-state index in [1.165, 1.54) is 0 Å². The fourth-order valence-corrected chi connectivity index (χ4v) is 2.60. The van der Waals surface area contributed by atoms with Gasteiger partial charge in [-0.15, -0.1) is 0 Å². The van der Waals surface area contributed by atoms with Gasteiger partial charge in [0.2, 0.25) is 0 Å². The van der Waals surface area contributed by atoms with Crippen LogP contribution in [-0.4, -0.2) is 32.0 Å². The summed E-state index contributed by atoms with van der Waals surface area (Å²) in [6.07, 6.45) is 3.81. The third-order valence-corrected chi connectivity index (χ3v) is 3.58. The van der Waals surface area contributed by atoms with Crippen LogP contribution in [0.15, 0.2) is 0 Å². The Morgan fingerprint density at radius 3 is 2.50 bits per heavy atom. The normalized spacial score (nSPS) is 37.3. The molecule has 3 heteroatoms. The average Bonchev–Trinajstić information content (AvgIpc) is 2.65. The van der Waals surface area contributed by atoms with Crippen LogP contribution >= 0.6 is 0 Å². The number of ether oxygens (including phenoxy) is 2. The first-order chi connectivity index (χ1) is 6.77. The molecule has 2 aliphatic heterocycles. The zero-order chi connectivity index (χ0) is 9.97. The van der Waals surface area contributed by atoms with Gasteiger partial charge >= 0.3 is 0 Å². The molecular formula is C11H21NO2. The standard InChI is InChI=1S/C11H21NO2/c1-8-6-10(7-14-8)11(12)9-2-4-13-5-3-9/h8-11H,2-7,12H2,1H3. The maximum Gasteiger partial charge on any atom is 0.0551 e. The van der Waals surface area contributed by atoms with Crippen molar-refractivity contribution >= 4 is 0 Å². The van der Waals surface area contributed by atoms with Gasteiger partial charge in [-0.1, -0.05) is 0 Å². The highest BCUT2D eigenvalue weighted by Crippen LogP contribution is 2.29. The van der Waals surface area contributed by atoms with E-state index in [4.69, 9.17) is 15.2 Å². The third-order valence-electron chi connectivity index (χ3n) is 3.58. The van der Waals surface area contributed by atoms with Gasteiger partial charge in [-0.2, -0.15) is 0 Å². The van der Waals surface area contributed by atoms with Crippen molar-refractivity contribution in [1.82, 2.24) is 0 Å². The number of hydrogen-bond acceptors (Lipinski definition) is 3. The Labute approximate surface area is 85.9 Å². The fourth-order valence-electron chi connectivity index (χ4n) is 2.60. The van der Waals surface area contributed by atoms with Crippen LogP contribution < -0.4 is 5.73 Å². The van der Waals surface area contributed by atoms with Crippen molar-refractivity contribution < 1.29 is 9.47 Å². The van der Waals surface area contributed by atoms with E-state index in [9.17, 15) is 0 Å². The molecule has 0 bridgehead atoms. The Morgan fingerprint density at radius 2 is 1.93 bits per heavy atom. The SMILES string of the molecule is CC1CC(C(N)C2CCOCC2)CO1. The summed E-state index contributed by atoms with van der Waals surface area (Å²) in [4.78, 5) is 0. The zero-order valence-electron chi connectivity index (χ0n) is 8.95. The van der Waals surface area contributed by atoms with Crippen molar-refractivity contribution in [1.29, 1.82) is 0 Å².